The molecule has 0 bridgehead atoms. The quantitative estimate of drug-likeness (QED) is 0.365. The SMILES string of the molecule is Cc1cccc(CN(C(=O)CN(c2cc(C)ccc2C)S(=O)(=O)c2ccccc2)[C@H](C)C(=O)NC2CCCC2)c1. The summed E-state index contributed by atoms with van der Waals surface area (Å²) in [4.78, 5) is 29.0. The van der Waals surface area contributed by atoms with Gasteiger partial charge >= 0.3 is 0 Å². The molecule has 0 saturated heterocycles. The number of benzene rings is 3. The van der Waals surface area contributed by atoms with Crippen LogP contribution in [0.5, 0.6) is 0 Å². The summed E-state index contributed by atoms with van der Waals surface area (Å²) in [6, 6.07) is 20.8. The van der Waals surface area contributed by atoms with Crippen molar-refractivity contribution in [2.45, 2.75) is 76.9 Å². The van der Waals surface area contributed by atoms with E-state index < -0.39 is 28.5 Å². The average Bonchev–Trinajstić information content (AvgIpc) is 3.45. The number of carbonyl (C=O) groups is 2. The van der Waals surface area contributed by atoms with Crippen molar-refractivity contribution in [1.82, 2.24) is 10.2 Å². The number of rotatable bonds is 10. The molecule has 0 spiro atoms. The van der Waals surface area contributed by atoms with Gasteiger partial charge in [-0.15, -0.1) is 0 Å². The molecule has 3 aromatic rings. The number of nitrogens with zero attached hydrogens (tertiary/aromatic N) is 2. The number of aryl methyl sites for hydroxylation is 3. The smallest absolute Gasteiger partial charge is 0.264 e. The van der Waals surface area contributed by atoms with Crippen LogP contribution in [0.15, 0.2) is 77.7 Å². The van der Waals surface area contributed by atoms with E-state index in [1.165, 1.54) is 21.3 Å². The number of sulfonamides is 1. The lowest BCUT2D eigenvalue weighted by molar-refractivity contribution is -0.139. The zero-order valence-corrected chi connectivity index (χ0v) is 24.6. The highest BCUT2D eigenvalue weighted by molar-refractivity contribution is 7.92. The summed E-state index contributed by atoms with van der Waals surface area (Å²) in [7, 11) is -4.08. The van der Waals surface area contributed by atoms with Gasteiger partial charge in [0.25, 0.3) is 10.0 Å². The second-order valence-corrected chi connectivity index (χ2v) is 12.7. The number of amides is 2. The predicted molar refractivity (Wildman–Crippen MR) is 158 cm³/mol. The van der Waals surface area contributed by atoms with Crippen LogP contribution in [0, 0.1) is 20.8 Å². The summed E-state index contributed by atoms with van der Waals surface area (Å²) in [5.74, 6) is -0.673. The summed E-state index contributed by atoms with van der Waals surface area (Å²) in [5, 5.41) is 3.10. The van der Waals surface area contributed by atoms with Crippen LogP contribution in [0.1, 0.15) is 54.9 Å². The summed E-state index contributed by atoms with van der Waals surface area (Å²) in [6.07, 6.45) is 4.01. The molecule has 1 aliphatic rings. The van der Waals surface area contributed by atoms with Gasteiger partial charge in [-0.1, -0.05) is 73.0 Å². The largest absolute Gasteiger partial charge is 0.352 e. The molecule has 1 atom stereocenters. The van der Waals surface area contributed by atoms with Gasteiger partial charge in [0.2, 0.25) is 11.8 Å². The van der Waals surface area contributed by atoms with Crippen molar-refractivity contribution >= 4 is 27.5 Å². The molecule has 0 heterocycles. The first kappa shape index (κ1) is 29.3. The number of carbonyl (C=O) groups excluding carboxylic acids is 2. The highest BCUT2D eigenvalue weighted by Crippen LogP contribution is 2.28. The fraction of sp³-hybridized carbons (Fsp3) is 0.375. The Labute approximate surface area is 238 Å². The molecule has 4 rings (SSSR count). The Bertz CT molecular complexity index is 1450. The van der Waals surface area contributed by atoms with Crippen LogP contribution in [-0.4, -0.2) is 43.8 Å². The molecule has 40 heavy (non-hydrogen) atoms. The van der Waals surface area contributed by atoms with Gasteiger partial charge in [0, 0.05) is 12.6 Å². The Morgan fingerprint density at radius 3 is 2.25 bits per heavy atom. The van der Waals surface area contributed by atoms with Crippen LogP contribution < -0.4 is 9.62 Å². The second-order valence-electron chi connectivity index (χ2n) is 10.8. The minimum Gasteiger partial charge on any atom is -0.352 e. The van der Waals surface area contributed by atoms with Gasteiger partial charge in [0.1, 0.15) is 12.6 Å². The van der Waals surface area contributed by atoms with Crippen LogP contribution in [-0.2, 0) is 26.2 Å². The summed E-state index contributed by atoms with van der Waals surface area (Å²) in [6.45, 7) is 7.15. The van der Waals surface area contributed by atoms with Crippen LogP contribution in [0.2, 0.25) is 0 Å². The van der Waals surface area contributed by atoms with Gasteiger partial charge in [0.15, 0.2) is 0 Å². The highest BCUT2D eigenvalue weighted by Gasteiger charge is 2.33. The van der Waals surface area contributed by atoms with Gasteiger partial charge in [-0.25, -0.2) is 8.42 Å². The second kappa shape index (κ2) is 12.7. The molecule has 0 unspecified atom stereocenters. The summed E-state index contributed by atoms with van der Waals surface area (Å²) < 4.78 is 29.1. The molecule has 1 saturated carbocycles. The van der Waals surface area contributed by atoms with Crippen molar-refractivity contribution in [2.75, 3.05) is 10.8 Å². The van der Waals surface area contributed by atoms with Gasteiger partial charge in [-0.3, -0.25) is 13.9 Å². The molecule has 1 N–H and O–H groups in total. The van der Waals surface area contributed by atoms with Gasteiger partial charge in [-0.2, -0.15) is 0 Å². The predicted octanol–water partition coefficient (Wildman–Crippen LogP) is 5.28. The van der Waals surface area contributed by atoms with Crippen molar-refractivity contribution in [3.05, 3.63) is 95.1 Å². The van der Waals surface area contributed by atoms with Crippen molar-refractivity contribution in [3.63, 3.8) is 0 Å². The van der Waals surface area contributed by atoms with Crippen LogP contribution >= 0.6 is 0 Å². The van der Waals surface area contributed by atoms with Crippen LogP contribution in [0.4, 0.5) is 5.69 Å². The van der Waals surface area contributed by atoms with Crippen molar-refractivity contribution in [3.8, 4) is 0 Å². The van der Waals surface area contributed by atoms with E-state index in [1.54, 1.807) is 31.2 Å². The Hall–Kier alpha value is -3.65. The normalized spacial score (nSPS) is 14.5. The van der Waals surface area contributed by atoms with Crippen molar-refractivity contribution in [1.29, 1.82) is 0 Å². The van der Waals surface area contributed by atoms with Gasteiger partial charge in [-0.05, 0) is 75.4 Å². The maximum atomic E-state index is 14.1. The first-order valence-corrected chi connectivity index (χ1v) is 15.3. The molecular weight excluding hydrogens is 522 g/mol. The first-order chi connectivity index (χ1) is 19.1. The number of hydrogen-bond donors (Lipinski definition) is 1. The zero-order valence-electron chi connectivity index (χ0n) is 23.8. The molecule has 1 aliphatic carbocycles. The highest BCUT2D eigenvalue weighted by atomic mass is 32.2. The lowest BCUT2D eigenvalue weighted by Gasteiger charge is -2.33. The van der Waals surface area contributed by atoms with Crippen LogP contribution in [0.25, 0.3) is 0 Å². The fourth-order valence-electron chi connectivity index (χ4n) is 5.20. The maximum Gasteiger partial charge on any atom is 0.264 e. The number of nitrogens with one attached hydrogen (secondary N) is 1. The maximum absolute atomic E-state index is 14.1. The standard InChI is InChI=1S/C32H39N3O4S/c1-23-11-10-12-27(19-23)21-34(26(4)32(37)33-28-13-8-9-14-28)31(36)22-35(30-20-24(2)17-18-25(30)3)40(38,39)29-15-6-5-7-16-29/h5-7,10-12,15-20,26,28H,8-9,13-14,21-22H2,1-4H3,(H,33,37)/t26-/m1/s1. The molecule has 8 heteroatoms. The summed E-state index contributed by atoms with van der Waals surface area (Å²) in [5.41, 5.74) is 3.96. The lowest BCUT2D eigenvalue weighted by atomic mass is 10.1. The third-order valence-electron chi connectivity index (χ3n) is 7.55. The molecule has 3 aromatic carbocycles. The topological polar surface area (TPSA) is 86.8 Å². The first-order valence-electron chi connectivity index (χ1n) is 13.9. The molecule has 0 radical (unpaired) electrons. The fourth-order valence-corrected chi connectivity index (χ4v) is 6.69. The third-order valence-corrected chi connectivity index (χ3v) is 9.32. The molecular formula is C32H39N3O4S. The number of anilines is 1. The van der Waals surface area contributed by atoms with E-state index in [9.17, 15) is 18.0 Å². The van der Waals surface area contributed by atoms with Crippen LogP contribution in [0.3, 0.4) is 0 Å². The number of hydrogen-bond acceptors (Lipinski definition) is 4. The van der Waals surface area contributed by atoms with E-state index in [2.05, 4.69) is 5.32 Å². The Morgan fingerprint density at radius 2 is 1.57 bits per heavy atom. The monoisotopic (exact) mass is 561 g/mol. The lowest BCUT2D eigenvalue weighted by Crippen LogP contribution is -2.52. The van der Waals surface area contributed by atoms with Gasteiger partial charge in [0.05, 0.1) is 10.6 Å². The Balaban J connectivity index is 1.71. The Morgan fingerprint density at radius 1 is 0.900 bits per heavy atom. The molecule has 0 aliphatic heterocycles. The van der Waals surface area contributed by atoms with E-state index in [1.807, 2.05) is 57.2 Å². The molecule has 7 nitrogen and oxygen atoms in total. The molecule has 212 valence electrons. The Kier molecular flexibility index (Phi) is 9.30. The van der Waals surface area contributed by atoms with E-state index in [4.69, 9.17) is 0 Å². The van der Waals surface area contributed by atoms with Gasteiger partial charge < -0.3 is 10.2 Å². The van der Waals surface area contributed by atoms with E-state index in [0.29, 0.717) is 5.69 Å². The van der Waals surface area contributed by atoms with Crippen molar-refractivity contribution in [2.24, 2.45) is 0 Å². The van der Waals surface area contributed by atoms with E-state index >= 15 is 0 Å². The molecule has 1 fully saturated rings. The minimum absolute atomic E-state index is 0.0981. The average molecular weight is 562 g/mol. The zero-order chi connectivity index (χ0) is 28.9. The van der Waals surface area contributed by atoms with E-state index in [0.717, 1.165) is 47.9 Å². The van der Waals surface area contributed by atoms with Crippen molar-refractivity contribution < 1.29 is 18.0 Å². The van der Waals surface area contributed by atoms with E-state index in [-0.39, 0.29) is 23.4 Å². The molecule has 2 amide bonds. The molecule has 0 aromatic heterocycles. The minimum atomic E-state index is -4.08. The summed E-state index contributed by atoms with van der Waals surface area (Å²) >= 11 is 0. The third kappa shape index (κ3) is 6.91.